The molecule has 5 heteroatoms. The number of ether oxygens (including phenoxy) is 2. The number of piperidine rings is 1. The predicted molar refractivity (Wildman–Crippen MR) is 79.9 cm³/mol. The summed E-state index contributed by atoms with van der Waals surface area (Å²) in [7, 11) is 3.23. The summed E-state index contributed by atoms with van der Waals surface area (Å²) in [4.78, 5) is 13.4. The third-order valence-corrected chi connectivity index (χ3v) is 4.24. The number of carbonyl (C=O) groups is 1. The second kappa shape index (κ2) is 6.80. The number of hydrogen-bond acceptors (Lipinski definition) is 4. The second-order valence-electron chi connectivity index (χ2n) is 5.46. The summed E-state index contributed by atoms with van der Waals surface area (Å²) in [6.45, 7) is 3.63. The van der Waals surface area contributed by atoms with Crippen LogP contribution in [0.5, 0.6) is 11.5 Å². The van der Waals surface area contributed by atoms with Crippen molar-refractivity contribution in [1.29, 1.82) is 0 Å². The molecule has 1 aromatic rings. The molecular formula is C16H23NO4. The Morgan fingerprint density at radius 2 is 2.05 bits per heavy atom. The molecule has 2 unspecified atom stereocenters. The van der Waals surface area contributed by atoms with Crippen LogP contribution in [-0.2, 0) is 4.79 Å². The molecule has 1 aliphatic heterocycles. The fraction of sp³-hybridized carbons (Fsp3) is 0.562. The van der Waals surface area contributed by atoms with E-state index >= 15 is 0 Å². The van der Waals surface area contributed by atoms with E-state index in [1.54, 1.807) is 14.2 Å². The Morgan fingerprint density at radius 1 is 1.33 bits per heavy atom. The van der Waals surface area contributed by atoms with Gasteiger partial charge in [0.25, 0.3) is 0 Å². The number of hydrogen-bond donors (Lipinski definition) is 1. The van der Waals surface area contributed by atoms with Crippen LogP contribution in [0.25, 0.3) is 0 Å². The zero-order chi connectivity index (χ0) is 15.4. The number of benzene rings is 1. The maximum atomic E-state index is 11.2. The van der Waals surface area contributed by atoms with Crippen molar-refractivity contribution in [2.45, 2.75) is 25.8 Å². The van der Waals surface area contributed by atoms with Crippen molar-refractivity contribution in [3.63, 3.8) is 0 Å². The highest BCUT2D eigenvalue weighted by Gasteiger charge is 2.28. The summed E-state index contributed by atoms with van der Waals surface area (Å²) in [6, 6.07) is 6.03. The molecule has 0 spiro atoms. The Bertz CT molecular complexity index is 503. The van der Waals surface area contributed by atoms with Gasteiger partial charge in [-0.3, -0.25) is 9.69 Å². The summed E-state index contributed by atoms with van der Waals surface area (Å²) in [5.74, 6) is 0.449. The molecule has 0 bridgehead atoms. The molecule has 116 valence electrons. The highest BCUT2D eigenvalue weighted by atomic mass is 16.5. The van der Waals surface area contributed by atoms with Gasteiger partial charge in [-0.1, -0.05) is 6.07 Å². The first-order chi connectivity index (χ1) is 10.1. The molecule has 1 aromatic carbocycles. The quantitative estimate of drug-likeness (QED) is 0.904. The fourth-order valence-corrected chi connectivity index (χ4v) is 2.88. The van der Waals surface area contributed by atoms with Crippen LogP contribution in [0.4, 0.5) is 0 Å². The average Bonchev–Trinajstić information content (AvgIpc) is 2.53. The monoisotopic (exact) mass is 293 g/mol. The zero-order valence-electron chi connectivity index (χ0n) is 12.8. The fourth-order valence-electron chi connectivity index (χ4n) is 2.88. The van der Waals surface area contributed by atoms with E-state index in [4.69, 9.17) is 9.47 Å². The first kappa shape index (κ1) is 15.6. The lowest BCUT2D eigenvalue weighted by molar-refractivity contribution is -0.143. The van der Waals surface area contributed by atoms with Gasteiger partial charge in [0.2, 0.25) is 0 Å². The van der Waals surface area contributed by atoms with Gasteiger partial charge in [0.05, 0.1) is 20.1 Å². The van der Waals surface area contributed by atoms with Crippen LogP contribution in [0, 0.1) is 5.92 Å². The van der Waals surface area contributed by atoms with E-state index in [-0.39, 0.29) is 12.0 Å². The van der Waals surface area contributed by atoms with Gasteiger partial charge >= 0.3 is 5.97 Å². The van der Waals surface area contributed by atoms with E-state index in [1.807, 2.05) is 18.2 Å². The van der Waals surface area contributed by atoms with Gasteiger partial charge in [0, 0.05) is 12.6 Å². The minimum absolute atomic E-state index is 0.159. The molecule has 2 atom stereocenters. The van der Waals surface area contributed by atoms with E-state index in [9.17, 15) is 9.90 Å². The van der Waals surface area contributed by atoms with E-state index in [0.717, 1.165) is 24.9 Å². The number of methoxy groups -OCH3 is 2. The van der Waals surface area contributed by atoms with Crippen LogP contribution in [0.15, 0.2) is 18.2 Å². The molecule has 0 amide bonds. The van der Waals surface area contributed by atoms with Gasteiger partial charge in [-0.05, 0) is 44.0 Å². The maximum Gasteiger partial charge on any atom is 0.307 e. The van der Waals surface area contributed by atoms with Gasteiger partial charge in [-0.2, -0.15) is 0 Å². The Hall–Kier alpha value is -1.75. The molecule has 21 heavy (non-hydrogen) atoms. The van der Waals surface area contributed by atoms with Crippen LogP contribution >= 0.6 is 0 Å². The number of carboxylic acids is 1. The Labute approximate surface area is 125 Å². The lowest BCUT2D eigenvalue weighted by atomic mass is 9.95. The van der Waals surface area contributed by atoms with Crippen LogP contribution in [0.2, 0.25) is 0 Å². The van der Waals surface area contributed by atoms with E-state index < -0.39 is 5.97 Å². The van der Waals surface area contributed by atoms with Gasteiger partial charge in [0.1, 0.15) is 0 Å². The molecular weight excluding hydrogens is 270 g/mol. The Kier molecular flexibility index (Phi) is 5.07. The molecule has 0 aromatic heterocycles. The number of aliphatic carboxylic acids is 1. The Morgan fingerprint density at radius 3 is 2.67 bits per heavy atom. The average molecular weight is 293 g/mol. The van der Waals surface area contributed by atoms with Crippen molar-refractivity contribution < 1.29 is 19.4 Å². The van der Waals surface area contributed by atoms with E-state index in [1.165, 1.54) is 0 Å². The topological polar surface area (TPSA) is 59.0 Å². The van der Waals surface area contributed by atoms with Crippen molar-refractivity contribution >= 4 is 5.97 Å². The van der Waals surface area contributed by atoms with Crippen LogP contribution in [0.1, 0.15) is 31.4 Å². The molecule has 1 N–H and O–H groups in total. The SMILES string of the molecule is COc1ccc(C(C)N2CCCC(C(=O)O)C2)cc1OC. The molecule has 0 radical (unpaired) electrons. The Balaban J connectivity index is 2.15. The summed E-state index contributed by atoms with van der Waals surface area (Å²) in [6.07, 6.45) is 1.69. The van der Waals surface area contributed by atoms with Crippen LogP contribution < -0.4 is 9.47 Å². The summed E-state index contributed by atoms with van der Waals surface area (Å²) >= 11 is 0. The summed E-state index contributed by atoms with van der Waals surface area (Å²) < 4.78 is 10.6. The van der Waals surface area contributed by atoms with Crippen molar-refractivity contribution in [3.8, 4) is 11.5 Å². The lowest BCUT2D eigenvalue weighted by Gasteiger charge is -2.35. The van der Waals surface area contributed by atoms with Gasteiger partial charge in [-0.15, -0.1) is 0 Å². The van der Waals surface area contributed by atoms with Crippen LogP contribution in [0.3, 0.4) is 0 Å². The summed E-state index contributed by atoms with van der Waals surface area (Å²) in [5, 5.41) is 9.20. The maximum absolute atomic E-state index is 11.2. The molecule has 0 saturated carbocycles. The molecule has 2 rings (SSSR count). The third kappa shape index (κ3) is 3.47. The molecule has 0 aliphatic carbocycles. The largest absolute Gasteiger partial charge is 0.493 e. The van der Waals surface area contributed by atoms with E-state index in [0.29, 0.717) is 18.0 Å². The first-order valence-electron chi connectivity index (χ1n) is 7.25. The molecule has 1 fully saturated rings. The first-order valence-corrected chi connectivity index (χ1v) is 7.25. The second-order valence-corrected chi connectivity index (χ2v) is 5.46. The standard InChI is InChI=1S/C16H23NO4/c1-11(17-8-4-5-13(10-17)16(18)19)12-6-7-14(20-2)15(9-12)21-3/h6-7,9,11,13H,4-5,8,10H2,1-3H3,(H,18,19). The molecule has 5 nitrogen and oxygen atoms in total. The highest BCUT2D eigenvalue weighted by molar-refractivity contribution is 5.70. The van der Waals surface area contributed by atoms with E-state index in [2.05, 4.69) is 11.8 Å². The minimum atomic E-state index is -0.695. The molecule has 1 aliphatic rings. The number of rotatable bonds is 5. The third-order valence-electron chi connectivity index (χ3n) is 4.24. The van der Waals surface area contributed by atoms with Gasteiger partial charge in [0.15, 0.2) is 11.5 Å². The van der Waals surface area contributed by atoms with Crippen molar-refractivity contribution in [3.05, 3.63) is 23.8 Å². The molecule has 1 heterocycles. The normalized spacial score (nSPS) is 20.8. The lowest BCUT2D eigenvalue weighted by Crippen LogP contribution is -2.40. The minimum Gasteiger partial charge on any atom is -0.493 e. The van der Waals surface area contributed by atoms with Crippen molar-refractivity contribution in [2.24, 2.45) is 5.92 Å². The summed E-state index contributed by atoms with van der Waals surface area (Å²) in [5.41, 5.74) is 1.11. The zero-order valence-corrected chi connectivity index (χ0v) is 12.8. The molecule has 1 saturated heterocycles. The van der Waals surface area contributed by atoms with Gasteiger partial charge in [-0.25, -0.2) is 0 Å². The smallest absolute Gasteiger partial charge is 0.307 e. The van der Waals surface area contributed by atoms with Crippen molar-refractivity contribution in [2.75, 3.05) is 27.3 Å². The van der Waals surface area contributed by atoms with Gasteiger partial charge < -0.3 is 14.6 Å². The number of nitrogens with zero attached hydrogens (tertiary/aromatic N) is 1. The highest BCUT2D eigenvalue weighted by Crippen LogP contribution is 2.33. The van der Waals surface area contributed by atoms with Crippen LogP contribution in [-0.4, -0.2) is 43.3 Å². The number of carboxylic acid groups (broad SMARTS) is 1. The van der Waals surface area contributed by atoms with Crippen molar-refractivity contribution in [1.82, 2.24) is 4.90 Å². The predicted octanol–water partition coefficient (Wildman–Crippen LogP) is 2.56. The number of likely N-dealkylation sites (tertiary alicyclic amines) is 1.